The standard InChI is InChI=1S/C35H32O4/c1-19-8-10-26-27(11-19)38-30-14-22-23(15-31(30)37-26)35(18-34(22,5)6)17-33(3,4)21-13-29-32(16-24(21)35)39-28-12-20(2)7-9-25(28)36-29/h7-16H,17-18H2,1-6H3. The van der Waals surface area contributed by atoms with E-state index in [9.17, 15) is 0 Å². The van der Waals surface area contributed by atoms with Gasteiger partial charge in [-0.05, 0) is 119 Å². The van der Waals surface area contributed by atoms with Gasteiger partial charge >= 0.3 is 0 Å². The topological polar surface area (TPSA) is 36.9 Å². The lowest BCUT2D eigenvalue weighted by Crippen LogP contribution is -2.27. The van der Waals surface area contributed by atoms with Gasteiger partial charge in [-0.3, -0.25) is 0 Å². The van der Waals surface area contributed by atoms with E-state index in [4.69, 9.17) is 18.9 Å². The summed E-state index contributed by atoms with van der Waals surface area (Å²) >= 11 is 0. The van der Waals surface area contributed by atoms with Crippen LogP contribution in [0, 0.1) is 13.8 Å². The van der Waals surface area contributed by atoms with Crippen molar-refractivity contribution in [1.82, 2.24) is 0 Å². The molecule has 4 aromatic rings. The van der Waals surface area contributed by atoms with Crippen molar-refractivity contribution in [3.63, 3.8) is 0 Å². The fourth-order valence-corrected chi connectivity index (χ4v) is 7.67. The van der Waals surface area contributed by atoms with Crippen LogP contribution in [0.3, 0.4) is 0 Å². The first-order valence-corrected chi connectivity index (χ1v) is 13.8. The lowest BCUT2D eigenvalue weighted by Gasteiger charge is -2.31. The van der Waals surface area contributed by atoms with Crippen LogP contribution < -0.4 is 18.9 Å². The van der Waals surface area contributed by atoms with Crippen molar-refractivity contribution < 1.29 is 18.9 Å². The van der Waals surface area contributed by atoms with Crippen LogP contribution in [0.5, 0.6) is 46.0 Å². The lowest BCUT2D eigenvalue weighted by atomic mass is 9.72. The molecule has 4 heteroatoms. The highest BCUT2D eigenvalue weighted by Crippen LogP contribution is 2.66. The number of rotatable bonds is 0. The van der Waals surface area contributed by atoms with E-state index in [1.54, 1.807) is 0 Å². The van der Waals surface area contributed by atoms with Gasteiger partial charge in [0, 0.05) is 5.41 Å². The van der Waals surface area contributed by atoms with Crippen LogP contribution in [-0.2, 0) is 16.2 Å². The zero-order valence-electron chi connectivity index (χ0n) is 23.3. The summed E-state index contributed by atoms with van der Waals surface area (Å²) in [6.07, 6.45) is 2.02. The fraction of sp³-hybridized carbons (Fsp3) is 0.314. The van der Waals surface area contributed by atoms with Crippen molar-refractivity contribution in [2.45, 2.75) is 70.6 Å². The molecule has 0 fully saturated rings. The second-order valence-electron chi connectivity index (χ2n) is 13.2. The van der Waals surface area contributed by atoms with Gasteiger partial charge in [0.15, 0.2) is 46.0 Å². The van der Waals surface area contributed by atoms with Gasteiger partial charge in [-0.1, -0.05) is 39.8 Å². The van der Waals surface area contributed by atoms with Crippen molar-refractivity contribution in [2.24, 2.45) is 0 Å². The van der Waals surface area contributed by atoms with Crippen LogP contribution >= 0.6 is 0 Å². The highest BCUT2D eigenvalue weighted by atomic mass is 16.6. The van der Waals surface area contributed by atoms with Crippen LogP contribution in [0.25, 0.3) is 0 Å². The van der Waals surface area contributed by atoms with Crippen molar-refractivity contribution in [2.75, 3.05) is 0 Å². The van der Waals surface area contributed by atoms with E-state index in [2.05, 4.69) is 77.9 Å². The van der Waals surface area contributed by atoms with E-state index in [0.29, 0.717) is 0 Å². The Balaban J connectivity index is 1.30. The van der Waals surface area contributed by atoms with Gasteiger partial charge < -0.3 is 18.9 Å². The Morgan fingerprint density at radius 1 is 0.436 bits per heavy atom. The van der Waals surface area contributed by atoms with E-state index in [0.717, 1.165) is 70.0 Å². The Morgan fingerprint density at radius 3 is 1.18 bits per heavy atom. The summed E-state index contributed by atoms with van der Waals surface area (Å²) in [6, 6.07) is 21.2. The smallest absolute Gasteiger partial charge is 0.170 e. The van der Waals surface area contributed by atoms with Gasteiger partial charge in [0.2, 0.25) is 0 Å². The zero-order chi connectivity index (χ0) is 26.9. The molecular weight excluding hydrogens is 484 g/mol. The highest BCUT2D eigenvalue weighted by molar-refractivity contribution is 5.68. The summed E-state index contributed by atoms with van der Waals surface area (Å²) in [6.45, 7) is 13.6. The molecule has 4 nitrogen and oxygen atoms in total. The average molecular weight is 517 g/mol. The summed E-state index contributed by atoms with van der Waals surface area (Å²) in [4.78, 5) is 0. The molecule has 0 saturated heterocycles. The molecule has 2 heterocycles. The Kier molecular flexibility index (Phi) is 4.23. The Morgan fingerprint density at radius 2 is 0.769 bits per heavy atom. The molecule has 0 aromatic heterocycles. The zero-order valence-corrected chi connectivity index (χ0v) is 23.3. The predicted molar refractivity (Wildman–Crippen MR) is 152 cm³/mol. The predicted octanol–water partition coefficient (Wildman–Crippen LogP) is 9.75. The molecule has 2 aliphatic carbocycles. The Bertz CT molecular complexity index is 1740. The van der Waals surface area contributed by atoms with Gasteiger partial charge in [-0.2, -0.15) is 0 Å². The average Bonchev–Trinajstić information content (AvgIpc) is 3.22. The van der Waals surface area contributed by atoms with E-state index >= 15 is 0 Å². The third kappa shape index (κ3) is 3.12. The molecule has 0 radical (unpaired) electrons. The third-order valence-electron chi connectivity index (χ3n) is 9.22. The molecule has 0 bridgehead atoms. The second-order valence-corrected chi connectivity index (χ2v) is 13.2. The molecule has 196 valence electrons. The summed E-state index contributed by atoms with van der Waals surface area (Å²) in [5, 5.41) is 0. The number of ether oxygens (including phenoxy) is 4. The number of benzene rings is 4. The van der Waals surface area contributed by atoms with Crippen LogP contribution in [0.1, 0.15) is 73.9 Å². The van der Waals surface area contributed by atoms with Crippen molar-refractivity contribution in [3.05, 3.63) is 94.0 Å². The van der Waals surface area contributed by atoms with E-state index in [-0.39, 0.29) is 16.2 Å². The molecule has 0 saturated carbocycles. The SMILES string of the molecule is Cc1ccc2c(c1)Oc1cc3c(cc1O2)C1(CC3(C)C)CC(C)(C)c2cc3c(cc21)Oc1cc(C)ccc1O3. The van der Waals surface area contributed by atoms with Crippen molar-refractivity contribution in [1.29, 1.82) is 0 Å². The van der Waals surface area contributed by atoms with E-state index in [1.165, 1.54) is 22.3 Å². The van der Waals surface area contributed by atoms with E-state index < -0.39 is 0 Å². The monoisotopic (exact) mass is 516 g/mol. The molecule has 2 aliphatic heterocycles. The fourth-order valence-electron chi connectivity index (χ4n) is 7.67. The van der Waals surface area contributed by atoms with E-state index in [1.807, 2.05) is 24.3 Å². The molecular formula is C35H32O4. The molecule has 4 aromatic carbocycles. The molecule has 1 spiro atoms. The van der Waals surface area contributed by atoms with Crippen LogP contribution in [0.2, 0.25) is 0 Å². The highest BCUT2D eigenvalue weighted by Gasteiger charge is 2.57. The Labute approximate surface area is 229 Å². The molecule has 1 unspecified atom stereocenters. The van der Waals surface area contributed by atoms with Crippen LogP contribution in [0.4, 0.5) is 0 Å². The van der Waals surface area contributed by atoms with Gasteiger partial charge in [-0.25, -0.2) is 0 Å². The maximum atomic E-state index is 6.46. The minimum absolute atomic E-state index is 0.0314. The molecule has 8 rings (SSSR count). The minimum atomic E-state index is -0.158. The summed E-state index contributed by atoms with van der Waals surface area (Å²) in [5.74, 6) is 6.25. The Hall–Kier alpha value is -3.92. The van der Waals surface area contributed by atoms with Gasteiger partial charge in [0.25, 0.3) is 0 Å². The first-order valence-electron chi connectivity index (χ1n) is 13.8. The summed E-state index contributed by atoms with van der Waals surface area (Å²) in [7, 11) is 0. The maximum Gasteiger partial charge on any atom is 0.170 e. The first kappa shape index (κ1) is 23.0. The van der Waals surface area contributed by atoms with Crippen molar-refractivity contribution >= 4 is 0 Å². The summed E-state index contributed by atoms with van der Waals surface area (Å²) < 4.78 is 25.7. The number of hydrogen-bond donors (Lipinski definition) is 0. The third-order valence-corrected chi connectivity index (χ3v) is 9.22. The number of fused-ring (bicyclic) bond motifs is 8. The van der Waals surface area contributed by atoms with Crippen LogP contribution in [-0.4, -0.2) is 0 Å². The molecule has 39 heavy (non-hydrogen) atoms. The molecule has 4 aliphatic rings. The van der Waals surface area contributed by atoms with Crippen LogP contribution in [0.15, 0.2) is 60.7 Å². The lowest BCUT2D eigenvalue weighted by molar-refractivity contribution is 0.347. The number of hydrogen-bond acceptors (Lipinski definition) is 4. The van der Waals surface area contributed by atoms with Gasteiger partial charge in [-0.15, -0.1) is 0 Å². The number of aryl methyl sites for hydroxylation is 2. The largest absolute Gasteiger partial charge is 0.450 e. The first-order chi connectivity index (χ1) is 18.5. The second kappa shape index (κ2) is 7.18. The molecule has 0 N–H and O–H groups in total. The molecule has 1 atom stereocenters. The van der Waals surface area contributed by atoms with Gasteiger partial charge in [0.05, 0.1) is 0 Å². The summed E-state index contributed by atoms with van der Waals surface area (Å²) in [5.41, 5.74) is 7.42. The molecule has 0 amide bonds. The van der Waals surface area contributed by atoms with Crippen molar-refractivity contribution in [3.8, 4) is 46.0 Å². The van der Waals surface area contributed by atoms with Gasteiger partial charge in [0.1, 0.15) is 0 Å². The minimum Gasteiger partial charge on any atom is -0.450 e. The quantitative estimate of drug-likeness (QED) is 0.201. The maximum absolute atomic E-state index is 6.46. The normalized spacial score (nSPS) is 21.7.